The lowest BCUT2D eigenvalue weighted by atomic mass is 9.82. The molecular formula is C51H37NS. The van der Waals surface area contributed by atoms with E-state index in [2.05, 4.69) is 207 Å². The Morgan fingerprint density at radius 2 is 0.943 bits per heavy atom. The van der Waals surface area contributed by atoms with Crippen molar-refractivity contribution >= 4 is 48.6 Å². The fourth-order valence-electron chi connectivity index (χ4n) is 8.44. The molecule has 0 radical (unpaired) electrons. The van der Waals surface area contributed by atoms with Crippen molar-refractivity contribution in [2.45, 2.75) is 19.3 Å². The van der Waals surface area contributed by atoms with E-state index in [1.54, 1.807) is 0 Å². The number of fused-ring (bicyclic) bond motifs is 6. The molecule has 252 valence electrons. The average molecular weight is 696 g/mol. The van der Waals surface area contributed by atoms with E-state index in [-0.39, 0.29) is 5.41 Å². The van der Waals surface area contributed by atoms with E-state index in [4.69, 9.17) is 0 Å². The summed E-state index contributed by atoms with van der Waals surface area (Å²) in [5.74, 6) is 0. The van der Waals surface area contributed by atoms with Crippen LogP contribution in [0.4, 0.5) is 17.1 Å². The van der Waals surface area contributed by atoms with E-state index < -0.39 is 0 Å². The third-order valence-electron chi connectivity index (χ3n) is 11.1. The Hall–Kier alpha value is -6.22. The third kappa shape index (κ3) is 5.21. The maximum Gasteiger partial charge on any atom is 0.0540 e. The van der Waals surface area contributed by atoms with Crippen molar-refractivity contribution in [1.82, 2.24) is 0 Å². The molecule has 0 saturated carbocycles. The van der Waals surface area contributed by atoms with Gasteiger partial charge in [-0.15, -0.1) is 11.3 Å². The van der Waals surface area contributed by atoms with Crippen LogP contribution in [0.1, 0.15) is 25.0 Å². The molecule has 0 amide bonds. The lowest BCUT2D eigenvalue weighted by Crippen LogP contribution is -2.14. The van der Waals surface area contributed by atoms with E-state index in [0.717, 1.165) is 17.1 Å². The molecular weight excluding hydrogens is 659 g/mol. The molecule has 10 rings (SSSR count). The van der Waals surface area contributed by atoms with Crippen molar-refractivity contribution in [3.8, 4) is 44.5 Å². The SMILES string of the molecule is CC1(C)c2ccccc2-c2c(-c3ccccc3N(c3ccc(-c4ccccc4)cc3)c3ccc(-c4ccc5sc6ccccc6c5c4)cc3)cccc21. The average Bonchev–Trinajstić information content (AvgIpc) is 3.71. The van der Waals surface area contributed by atoms with Crippen LogP contribution in [0.2, 0.25) is 0 Å². The summed E-state index contributed by atoms with van der Waals surface area (Å²) in [5, 5.41) is 2.65. The predicted octanol–water partition coefficient (Wildman–Crippen LogP) is 14.8. The summed E-state index contributed by atoms with van der Waals surface area (Å²) in [6.07, 6.45) is 0. The second kappa shape index (κ2) is 12.5. The van der Waals surface area contributed by atoms with Gasteiger partial charge in [-0.3, -0.25) is 0 Å². The third-order valence-corrected chi connectivity index (χ3v) is 12.3. The highest BCUT2D eigenvalue weighted by molar-refractivity contribution is 7.25. The van der Waals surface area contributed by atoms with Gasteiger partial charge >= 0.3 is 0 Å². The van der Waals surface area contributed by atoms with Crippen molar-refractivity contribution < 1.29 is 0 Å². The minimum absolute atomic E-state index is 0.0714. The molecule has 0 spiro atoms. The molecule has 0 fully saturated rings. The summed E-state index contributed by atoms with van der Waals surface area (Å²) >= 11 is 1.86. The molecule has 0 saturated heterocycles. The fraction of sp³-hybridized carbons (Fsp3) is 0.0588. The first-order valence-corrected chi connectivity index (χ1v) is 19.2. The number of para-hydroxylation sites is 1. The van der Waals surface area contributed by atoms with E-state index in [1.165, 1.54) is 75.8 Å². The summed E-state index contributed by atoms with van der Waals surface area (Å²) in [5.41, 5.74) is 16.1. The second-order valence-electron chi connectivity index (χ2n) is 14.5. The lowest BCUT2D eigenvalue weighted by molar-refractivity contribution is 0.660. The topological polar surface area (TPSA) is 3.24 Å². The Labute approximate surface area is 315 Å². The van der Waals surface area contributed by atoms with Crippen LogP contribution in [0, 0.1) is 0 Å². The zero-order valence-electron chi connectivity index (χ0n) is 29.8. The number of rotatable bonds is 6. The Bertz CT molecular complexity index is 2790. The number of nitrogens with zero attached hydrogens (tertiary/aromatic N) is 1. The van der Waals surface area contributed by atoms with Gasteiger partial charge in [0.25, 0.3) is 0 Å². The molecule has 1 aliphatic rings. The number of anilines is 3. The number of hydrogen-bond donors (Lipinski definition) is 0. The summed E-state index contributed by atoms with van der Waals surface area (Å²) < 4.78 is 2.66. The largest absolute Gasteiger partial charge is 0.310 e. The molecule has 0 aliphatic heterocycles. The first-order valence-electron chi connectivity index (χ1n) is 18.3. The van der Waals surface area contributed by atoms with Gasteiger partial charge in [-0.2, -0.15) is 0 Å². The maximum atomic E-state index is 2.43. The van der Waals surface area contributed by atoms with E-state index in [1.807, 2.05) is 11.3 Å². The van der Waals surface area contributed by atoms with Crippen molar-refractivity contribution in [2.75, 3.05) is 4.90 Å². The quantitative estimate of drug-likeness (QED) is 0.167. The molecule has 1 aromatic heterocycles. The van der Waals surface area contributed by atoms with Gasteiger partial charge in [-0.1, -0.05) is 153 Å². The molecule has 0 bridgehead atoms. The Kier molecular flexibility index (Phi) is 7.42. The number of hydrogen-bond acceptors (Lipinski definition) is 2. The van der Waals surface area contributed by atoms with E-state index >= 15 is 0 Å². The van der Waals surface area contributed by atoms with Gasteiger partial charge in [0.2, 0.25) is 0 Å². The van der Waals surface area contributed by atoms with Gasteiger partial charge in [0.05, 0.1) is 5.69 Å². The van der Waals surface area contributed by atoms with Crippen molar-refractivity contribution in [2.24, 2.45) is 0 Å². The molecule has 2 heteroatoms. The first kappa shape index (κ1) is 31.5. The zero-order valence-corrected chi connectivity index (χ0v) is 30.6. The Balaban J connectivity index is 1.12. The molecule has 1 aliphatic carbocycles. The highest BCUT2D eigenvalue weighted by Crippen LogP contribution is 2.53. The van der Waals surface area contributed by atoms with Crippen LogP contribution in [0.5, 0.6) is 0 Å². The molecule has 8 aromatic carbocycles. The minimum Gasteiger partial charge on any atom is -0.310 e. The van der Waals surface area contributed by atoms with Gasteiger partial charge < -0.3 is 4.90 Å². The van der Waals surface area contributed by atoms with Gasteiger partial charge in [-0.05, 0) is 98.6 Å². The number of thiophene rings is 1. The summed E-state index contributed by atoms with van der Waals surface area (Å²) in [4.78, 5) is 2.43. The molecule has 9 aromatic rings. The van der Waals surface area contributed by atoms with E-state index in [0.29, 0.717) is 0 Å². The standard InChI is InChI=1S/C51H37NS/c1-51(2)45-19-9-6-17-43(45)50-42(18-12-20-46(50)51)40-15-7-10-21-47(40)52(38-28-23-35(24-29-38)34-13-4-3-5-14-34)39-30-25-36(26-31-39)37-27-32-49-44(33-37)41-16-8-11-22-48(41)53-49/h3-33H,1-2H3. The second-order valence-corrected chi connectivity index (χ2v) is 15.6. The van der Waals surface area contributed by atoms with Gasteiger partial charge in [0.15, 0.2) is 0 Å². The van der Waals surface area contributed by atoms with Gasteiger partial charge in [0, 0.05) is 42.5 Å². The van der Waals surface area contributed by atoms with Crippen molar-refractivity contribution in [3.63, 3.8) is 0 Å². The summed E-state index contributed by atoms with van der Waals surface area (Å²) in [6, 6.07) is 69.0. The van der Waals surface area contributed by atoms with Crippen molar-refractivity contribution in [1.29, 1.82) is 0 Å². The summed E-state index contributed by atoms with van der Waals surface area (Å²) in [7, 11) is 0. The molecule has 1 heterocycles. The van der Waals surface area contributed by atoms with Crippen LogP contribution in [-0.2, 0) is 5.41 Å². The van der Waals surface area contributed by atoms with Crippen LogP contribution in [0.25, 0.3) is 64.7 Å². The van der Waals surface area contributed by atoms with Crippen LogP contribution in [-0.4, -0.2) is 0 Å². The first-order chi connectivity index (χ1) is 26.0. The molecule has 0 unspecified atom stereocenters. The zero-order chi connectivity index (χ0) is 35.5. The predicted molar refractivity (Wildman–Crippen MR) is 228 cm³/mol. The fourth-order valence-corrected chi connectivity index (χ4v) is 9.53. The van der Waals surface area contributed by atoms with Crippen LogP contribution < -0.4 is 4.90 Å². The van der Waals surface area contributed by atoms with Gasteiger partial charge in [-0.25, -0.2) is 0 Å². The lowest BCUT2D eigenvalue weighted by Gasteiger charge is -2.29. The molecule has 0 N–H and O–H groups in total. The smallest absolute Gasteiger partial charge is 0.0540 e. The van der Waals surface area contributed by atoms with Crippen molar-refractivity contribution in [3.05, 3.63) is 199 Å². The Morgan fingerprint density at radius 1 is 0.396 bits per heavy atom. The number of benzene rings is 8. The molecule has 1 nitrogen and oxygen atoms in total. The Morgan fingerprint density at radius 3 is 1.72 bits per heavy atom. The van der Waals surface area contributed by atoms with Gasteiger partial charge in [0.1, 0.15) is 0 Å². The monoisotopic (exact) mass is 695 g/mol. The van der Waals surface area contributed by atoms with Crippen LogP contribution >= 0.6 is 11.3 Å². The summed E-state index contributed by atoms with van der Waals surface area (Å²) in [6.45, 7) is 4.71. The van der Waals surface area contributed by atoms with Crippen LogP contribution in [0.3, 0.4) is 0 Å². The highest BCUT2D eigenvalue weighted by atomic mass is 32.1. The molecule has 53 heavy (non-hydrogen) atoms. The highest BCUT2D eigenvalue weighted by Gasteiger charge is 2.37. The van der Waals surface area contributed by atoms with E-state index in [9.17, 15) is 0 Å². The normalized spacial score (nSPS) is 12.9. The van der Waals surface area contributed by atoms with Crippen LogP contribution in [0.15, 0.2) is 188 Å². The molecule has 0 atom stereocenters. The maximum absolute atomic E-state index is 2.43. The minimum atomic E-state index is -0.0714.